The molecule has 1 N–H and O–H groups in total. The Morgan fingerprint density at radius 2 is 1.92 bits per heavy atom. The maximum Gasteiger partial charge on any atom is 0.338 e. The Kier molecular flexibility index (Phi) is 5.12. The first-order valence-corrected chi connectivity index (χ1v) is 7.90. The van der Waals surface area contributed by atoms with Gasteiger partial charge >= 0.3 is 5.97 Å². The number of ether oxygens (including phenoxy) is 1. The molecule has 1 aromatic heterocycles. The lowest BCUT2D eigenvalue weighted by Crippen LogP contribution is -2.13. The lowest BCUT2D eigenvalue weighted by molar-refractivity contribution is 0.0469. The molecule has 0 atom stereocenters. The van der Waals surface area contributed by atoms with Gasteiger partial charge in [-0.1, -0.05) is 24.3 Å². The summed E-state index contributed by atoms with van der Waals surface area (Å²) in [6.45, 7) is 1.62. The van der Waals surface area contributed by atoms with Crippen LogP contribution in [0.5, 0.6) is 0 Å². The van der Waals surface area contributed by atoms with Crippen LogP contribution in [0.3, 0.4) is 0 Å². The summed E-state index contributed by atoms with van der Waals surface area (Å²) >= 11 is 0. The van der Waals surface area contributed by atoms with E-state index in [0.717, 1.165) is 5.56 Å². The molecule has 0 saturated carbocycles. The van der Waals surface area contributed by atoms with E-state index < -0.39 is 17.7 Å². The zero-order valence-electron chi connectivity index (χ0n) is 14.0. The molecule has 6 heteroatoms. The first kappa shape index (κ1) is 17.4. The molecule has 0 unspecified atom stereocenters. The zero-order valence-corrected chi connectivity index (χ0v) is 14.0. The van der Waals surface area contributed by atoms with Gasteiger partial charge in [-0.2, -0.15) is 0 Å². The number of amides is 1. The fourth-order valence-corrected chi connectivity index (χ4v) is 2.32. The third-order valence-corrected chi connectivity index (χ3v) is 3.78. The van der Waals surface area contributed by atoms with Crippen LogP contribution in [-0.4, -0.2) is 11.9 Å². The van der Waals surface area contributed by atoms with Crippen LogP contribution in [0.25, 0.3) is 0 Å². The first-order chi connectivity index (χ1) is 12.5. The predicted molar refractivity (Wildman–Crippen MR) is 93.4 cm³/mol. The van der Waals surface area contributed by atoms with Crippen molar-refractivity contribution in [3.63, 3.8) is 0 Å². The second-order valence-electron chi connectivity index (χ2n) is 5.63. The maximum atomic E-state index is 13.6. The topological polar surface area (TPSA) is 68.5 Å². The number of furan rings is 1. The Hall–Kier alpha value is -3.41. The summed E-state index contributed by atoms with van der Waals surface area (Å²) in [5.74, 6) is -1.30. The molecule has 2 aromatic carbocycles. The van der Waals surface area contributed by atoms with E-state index in [4.69, 9.17) is 9.15 Å². The lowest BCUT2D eigenvalue weighted by atomic mass is 10.1. The smallest absolute Gasteiger partial charge is 0.338 e. The van der Waals surface area contributed by atoms with E-state index in [0.29, 0.717) is 11.3 Å². The van der Waals surface area contributed by atoms with Gasteiger partial charge in [-0.15, -0.1) is 0 Å². The zero-order chi connectivity index (χ0) is 18.5. The number of rotatable bonds is 5. The fourth-order valence-electron chi connectivity index (χ4n) is 2.32. The van der Waals surface area contributed by atoms with Gasteiger partial charge in [-0.3, -0.25) is 4.79 Å². The van der Waals surface area contributed by atoms with E-state index in [1.165, 1.54) is 24.5 Å². The van der Waals surface area contributed by atoms with Crippen LogP contribution in [0.15, 0.2) is 65.3 Å². The van der Waals surface area contributed by atoms with Crippen LogP contribution in [-0.2, 0) is 11.3 Å². The molecule has 3 aromatic rings. The van der Waals surface area contributed by atoms with Crippen molar-refractivity contribution >= 4 is 17.6 Å². The number of esters is 1. The number of hydrogen-bond acceptors (Lipinski definition) is 4. The number of nitrogens with one attached hydrogen (secondary N) is 1. The molecule has 132 valence electrons. The van der Waals surface area contributed by atoms with Gasteiger partial charge < -0.3 is 14.5 Å². The minimum absolute atomic E-state index is 0.164. The molecule has 0 saturated heterocycles. The molecule has 0 radical (unpaired) electrons. The molecule has 0 aliphatic rings. The number of aryl methyl sites for hydroxylation is 1. The molecule has 3 rings (SSSR count). The highest BCUT2D eigenvalue weighted by Crippen LogP contribution is 2.19. The molecular formula is C20H16FNO4. The quantitative estimate of drug-likeness (QED) is 0.693. The summed E-state index contributed by atoms with van der Waals surface area (Å²) in [6, 6.07) is 14.0. The summed E-state index contributed by atoms with van der Waals surface area (Å²) < 4.78 is 23.8. The molecule has 1 heterocycles. The Morgan fingerprint density at radius 3 is 2.65 bits per heavy atom. The number of carbonyl (C=O) groups excluding carboxylic acids is 2. The third-order valence-electron chi connectivity index (χ3n) is 3.78. The SMILES string of the molecule is Cc1ccc(C(=O)OCc2ccccc2F)cc1NC(=O)c1ccco1. The van der Waals surface area contributed by atoms with Crippen LogP contribution < -0.4 is 5.32 Å². The summed E-state index contributed by atoms with van der Waals surface area (Å²) in [4.78, 5) is 24.3. The molecular weight excluding hydrogens is 337 g/mol. The molecule has 5 nitrogen and oxygen atoms in total. The molecule has 0 aliphatic carbocycles. The van der Waals surface area contributed by atoms with Crippen molar-refractivity contribution in [2.24, 2.45) is 0 Å². The molecule has 0 aliphatic heterocycles. The van der Waals surface area contributed by atoms with Crippen molar-refractivity contribution in [2.75, 3.05) is 5.32 Å². The average molecular weight is 353 g/mol. The normalized spacial score (nSPS) is 10.4. The first-order valence-electron chi connectivity index (χ1n) is 7.90. The summed E-state index contributed by atoms with van der Waals surface area (Å²) in [5, 5.41) is 2.69. The largest absolute Gasteiger partial charge is 0.459 e. The second kappa shape index (κ2) is 7.65. The highest BCUT2D eigenvalue weighted by atomic mass is 19.1. The number of hydrogen-bond donors (Lipinski definition) is 1. The van der Waals surface area contributed by atoms with Crippen molar-refractivity contribution in [3.05, 3.63) is 89.1 Å². The average Bonchev–Trinajstić information content (AvgIpc) is 3.17. The number of halogens is 1. The Morgan fingerprint density at radius 1 is 1.12 bits per heavy atom. The summed E-state index contributed by atoms with van der Waals surface area (Å²) in [5.41, 5.74) is 1.78. The third kappa shape index (κ3) is 3.97. The van der Waals surface area contributed by atoms with Gasteiger partial charge in [0.2, 0.25) is 0 Å². The minimum atomic E-state index is -0.609. The van der Waals surface area contributed by atoms with E-state index >= 15 is 0 Å². The van der Waals surface area contributed by atoms with Crippen LogP contribution >= 0.6 is 0 Å². The van der Waals surface area contributed by atoms with Crippen LogP contribution in [0.1, 0.15) is 32.0 Å². The molecule has 0 fully saturated rings. The van der Waals surface area contributed by atoms with E-state index in [-0.39, 0.29) is 17.9 Å². The minimum Gasteiger partial charge on any atom is -0.459 e. The Balaban J connectivity index is 1.71. The van der Waals surface area contributed by atoms with E-state index in [1.54, 1.807) is 43.3 Å². The highest BCUT2D eigenvalue weighted by molar-refractivity contribution is 6.03. The second-order valence-corrected chi connectivity index (χ2v) is 5.63. The van der Waals surface area contributed by atoms with Crippen LogP contribution in [0.4, 0.5) is 10.1 Å². The van der Waals surface area contributed by atoms with Gasteiger partial charge in [0.25, 0.3) is 5.91 Å². The summed E-state index contributed by atoms with van der Waals surface area (Å²) in [6.07, 6.45) is 1.40. The lowest BCUT2D eigenvalue weighted by Gasteiger charge is -2.10. The van der Waals surface area contributed by atoms with Gasteiger partial charge in [0.15, 0.2) is 5.76 Å². The van der Waals surface area contributed by atoms with Gasteiger partial charge in [0, 0.05) is 11.3 Å². The number of benzene rings is 2. The number of carbonyl (C=O) groups is 2. The number of anilines is 1. The Labute approximate surface area is 149 Å². The molecule has 0 bridgehead atoms. The standard InChI is InChI=1S/C20H16FNO4/c1-13-8-9-14(11-17(13)22-19(23)18-7-4-10-25-18)20(24)26-12-15-5-2-3-6-16(15)21/h2-11H,12H2,1H3,(H,22,23). The van der Waals surface area contributed by atoms with Crippen molar-refractivity contribution in [3.8, 4) is 0 Å². The predicted octanol–water partition coefficient (Wildman–Crippen LogP) is 4.34. The van der Waals surface area contributed by atoms with E-state index in [9.17, 15) is 14.0 Å². The van der Waals surface area contributed by atoms with Crippen molar-refractivity contribution in [1.82, 2.24) is 0 Å². The molecule has 1 amide bonds. The van der Waals surface area contributed by atoms with Crippen molar-refractivity contribution in [1.29, 1.82) is 0 Å². The molecule has 0 spiro atoms. The highest BCUT2D eigenvalue weighted by Gasteiger charge is 2.14. The maximum absolute atomic E-state index is 13.6. The van der Waals surface area contributed by atoms with Gasteiger partial charge in [0.1, 0.15) is 12.4 Å². The van der Waals surface area contributed by atoms with Gasteiger partial charge in [-0.25, -0.2) is 9.18 Å². The van der Waals surface area contributed by atoms with Crippen LogP contribution in [0.2, 0.25) is 0 Å². The monoisotopic (exact) mass is 353 g/mol. The van der Waals surface area contributed by atoms with Crippen LogP contribution in [0, 0.1) is 12.7 Å². The van der Waals surface area contributed by atoms with Gasteiger partial charge in [0.05, 0.1) is 11.8 Å². The van der Waals surface area contributed by atoms with E-state index in [2.05, 4.69) is 5.32 Å². The van der Waals surface area contributed by atoms with Crippen molar-refractivity contribution in [2.45, 2.75) is 13.5 Å². The fraction of sp³-hybridized carbons (Fsp3) is 0.100. The van der Waals surface area contributed by atoms with Crippen molar-refractivity contribution < 1.29 is 23.1 Å². The van der Waals surface area contributed by atoms with E-state index in [1.807, 2.05) is 0 Å². The Bertz CT molecular complexity index is 935. The molecule has 26 heavy (non-hydrogen) atoms. The summed E-state index contributed by atoms with van der Waals surface area (Å²) in [7, 11) is 0. The van der Waals surface area contributed by atoms with Gasteiger partial charge in [-0.05, 0) is 42.8 Å².